The second-order valence-corrected chi connectivity index (χ2v) is 5.66. The monoisotopic (exact) mass is 244 g/mol. The van der Waals surface area contributed by atoms with Crippen LogP contribution in [0.4, 0.5) is 0 Å². The van der Waals surface area contributed by atoms with Gasteiger partial charge >= 0.3 is 0 Å². The number of nitrogens with one attached hydrogen (secondary N) is 1. The fourth-order valence-corrected chi connectivity index (χ4v) is 3.52. The van der Waals surface area contributed by atoms with Gasteiger partial charge in [0.2, 0.25) is 10.0 Å². The zero-order chi connectivity index (χ0) is 12.0. The van der Waals surface area contributed by atoms with Crippen LogP contribution in [-0.4, -0.2) is 8.42 Å². The van der Waals surface area contributed by atoms with Gasteiger partial charge in [-0.15, -0.1) is 5.14 Å². The first kappa shape index (κ1) is 10.5. The van der Waals surface area contributed by atoms with E-state index >= 15 is 0 Å². The van der Waals surface area contributed by atoms with Gasteiger partial charge in [-0.3, -0.25) is 0 Å². The molecule has 3 rings (SSSR count). The summed E-state index contributed by atoms with van der Waals surface area (Å²) in [5.74, 6) is 0. The smallest absolute Gasteiger partial charge is 0.210 e. The second-order valence-electron chi connectivity index (χ2n) is 4.10. The maximum absolute atomic E-state index is 11.6. The van der Waals surface area contributed by atoms with Crippen LogP contribution in [0.5, 0.6) is 0 Å². The molecule has 2 aromatic carbocycles. The molecule has 1 radical (unpaired) electrons. The number of benzene rings is 2. The Hall–Kier alpha value is -1.65. The SMILES string of the molecule is [NH]S(=O)(=O)C1c2ccccc2-c2ccccc21. The highest BCUT2D eigenvalue weighted by molar-refractivity contribution is 7.89. The van der Waals surface area contributed by atoms with Gasteiger partial charge in [-0.1, -0.05) is 48.5 Å². The average molecular weight is 244 g/mol. The van der Waals surface area contributed by atoms with Crippen LogP contribution in [0.25, 0.3) is 11.1 Å². The lowest BCUT2D eigenvalue weighted by Gasteiger charge is -2.09. The highest BCUT2D eigenvalue weighted by Gasteiger charge is 2.35. The first-order valence-corrected chi connectivity index (χ1v) is 6.80. The van der Waals surface area contributed by atoms with E-state index < -0.39 is 15.3 Å². The largest absolute Gasteiger partial charge is 0.236 e. The van der Waals surface area contributed by atoms with Crippen molar-refractivity contribution in [1.82, 2.24) is 5.14 Å². The zero-order valence-corrected chi connectivity index (χ0v) is 9.74. The molecule has 0 spiro atoms. The first-order chi connectivity index (χ1) is 8.09. The minimum Gasteiger partial charge on any atom is -0.210 e. The molecule has 3 nitrogen and oxygen atoms in total. The lowest BCUT2D eigenvalue weighted by atomic mass is 10.1. The van der Waals surface area contributed by atoms with Crippen LogP contribution in [-0.2, 0) is 10.0 Å². The molecular formula is C13H10NO2S. The quantitative estimate of drug-likeness (QED) is 0.773. The van der Waals surface area contributed by atoms with Gasteiger partial charge < -0.3 is 0 Å². The van der Waals surface area contributed by atoms with Crippen molar-refractivity contribution in [2.75, 3.05) is 0 Å². The fourth-order valence-electron chi connectivity index (χ4n) is 2.44. The Morgan fingerprint density at radius 2 is 1.24 bits per heavy atom. The fraction of sp³-hybridized carbons (Fsp3) is 0.0769. The molecule has 17 heavy (non-hydrogen) atoms. The van der Waals surface area contributed by atoms with E-state index in [4.69, 9.17) is 5.14 Å². The summed E-state index contributed by atoms with van der Waals surface area (Å²) in [6.07, 6.45) is 0. The molecule has 0 fully saturated rings. The van der Waals surface area contributed by atoms with Gasteiger partial charge in [0.1, 0.15) is 5.25 Å². The van der Waals surface area contributed by atoms with Crippen LogP contribution >= 0.6 is 0 Å². The number of fused-ring (bicyclic) bond motifs is 3. The van der Waals surface area contributed by atoms with E-state index in [0.717, 1.165) is 11.1 Å². The summed E-state index contributed by atoms with van der Waals surface area (Å²) in [5.41, 5.74) is 3.26. The van der Waals surface area contributed by atoms with Crippen molar-refractivity contribution in [3.8, 4) is 11.1 Å². The van der Waals surface area contributed by atoms with Crippen molar-refractivity contribution in [2.45, 2.75) is 5.25 Å². The summed E-state index contributed by atoms with van der Waals surface area (Å²) in [5, 5.41) is 6.52. The highest BCUT2D eigenvalue weighted by Crippen LogP contribution is 2.46. The predicted molar refractivity (Wildman–Crippen MR) is 65.7 cm³/mol. The molecule has 0 saturated carbocycles. The van der Waals surface area contributed by atoms with E-state index in [0.29, 0.717) is 11.1 Å². The normalized spacial score (nSPS) is 14.4. The van der Waals surface area contributed by atoms with Gasteiger partial charge in [0.25, 0.3) is 0 Å². The summed E-state index contributed by atoms with van der Waals surface area (Å²) in [6.45, 7) is 0. The van der Waals surface area contributed by atoms with Crippen molar-refractivity contribution >= 4 is 10.0 Å². The molecule has 2 aromatic rings. The third-order valence-corrected chi connectivity index (χ3v) is 4.22. The summed E-state index contributed by atoms with van der Waals surface area (Å²) < 4.78 is 23.3. The number of hydrogen-bond donors (Lipinski definition) is 0. The van der Waals surface area contributed by atoms with Crippen LogP contribution in [0, 0.1) is 0 Å². The summed E-state index contributed by atoms with van der Waals surface area (Å²) in [7, 11) is -3.88. The van der Waals surface area contributed by atoms with E-state index in [9.17, 15) is 8.42 Å². The molecule has 0 unspecified atom stereocenters. The maximum atomic E-state index is 11.6. The van der Waals surface area contributed by atoms with Crippen LogP contribution in [0.2, 0.25) is 0 Å². The van der Waals surface area contributed by atoms with E-state index in [1.165, 1.54) is 0 Å². The molecule has 0 aliphatic heterocycles. The number of sulfonamides is 1. The predicted octanol–water partition coefficient (Wildman–Crippen LogP) is 2.37. The van der Waals surface area contributed by atoms with E-state index in [2.05, 4.69) is 0 Å². The second kappa shape index (κ2) is 3.42. The molecule has 0 amide bonds. The molecule has 0 aromatic heterocycles. The van der Waals surface area contributed by atoms with Crippen molar-refractivity contribution in [3.05, 3.63) is 59.7 Å². The van der Waals surface area contributed by atoms with Gasteiger partial charge in [-0.2, -0.15) is 0 Å². The Morgan fingerprint density at radius 3 is 1.65 bits per heavy atom. The van der Waals surface area contributed by atoms with Crippen LogP contribution in [0.15, 0.2) is 48.5 Å². The van der Waals surface area contributed by atoms with Crippen LogP contribution < -0.4 is 5.14 Å². The van der Waals surface area contributed by atoms with E-state index in [1.807, 2.05) is 36.4 Å². The molecule has 0 heterocycles. The molecular weight excluding hydrogens is 234 g/mol. The van der Waals surface area contributed by atoms with Crippen molar-refractivity contribution in [2.24, 2.45) is 0 Å². The summed E-state index contributed by atoms with van der Waals surface area (Å²) in [4.78, 5) is 0. The number of hydrogen-bond acceptors (Lipinski definition) is 2. The van der Waals surface area contributed by atoms with E-state index in [-0.39, 0.29) is 0 Å². The highest BCUT2D eigenvalue weighted by atomic mass is 32.2. The van der Waals surface area contributed by atoms with Gasteiger partial charge in [-0.05, 0) is 22.3 Å². The minimum absolute atomic E-state index is 0.712. The standard InChI is InChI=1S/C13H10NO2S/c14-17(15,16)13-11-7-3-1-5-9(11)10-6-2-4-8-12(10)13/h1-8,13-14H. The Morgan fingerprint density at radius 1 is 0.824 bits per heavy atom. The summed E-state index contributed by atoms with van der Waals surface area (Å²) in [6, 6.07) is 14.8. The Bertz CT molecular complexity index is 647. The molecule has 1 N–H and O–H groups in total. The lowest BCUT2D eigenvalue weighted by Crippen LogP contribution is -2.12. The van der Waals surface area contributed by atoms with E-state index in [1.54, 1.807) is 12.1 Å². The topological polar surface area (TPSA) is 57.9 Å². The Balaban J connectivity index is 2.39. The zero-order valence-electron chi connectivity index (χ0n) is 8.92. The van der Waals surface area contributed by atoms with Crippen LogP contribution in [0.3, 0.4) is 0 Å². The molecule has 0 bridgehead atoms. The maximum Gasteiger partial charge on any atom is 0.236 e. The number of rotatable bonds is 1. The Kier molecular flexibility index (Phi) is 2.11. The third kappa shape index (κ3) is 1.49. The molecule has 85 valence electrons. The van der Waals surface area contributed by atoms with Crippen molar-refractivity contribution in [3.63, 3.8) is 0 Å². The van der Waals surface area contributed by atoms with Crippen LogP contribution in [0.1, 0.15) is 16.4 Å². The van der Waals surface area contributed by atoms with Gasteiger partial charge in [0.15, 0.2) is 0 Å². The Labute approximate surface area is 99.9 Å². The van der Waals surface area contributed by atoms with Gasteiger partial charge in [0, 0.05) is 0 Å². The molecule has 1 aliphatic rings. The first-order valence-electron chi connectivity index (χ1n) is 5.26. The molecule has 4 heteroatoms. The third-order valence-electron chi connectivity index (χ3n) is 3.09. The minimum atomic E-state index is -3.88. The van der Waals surface area contributed by atoms with Crippen molar-refractivity contribution < 1.29 is 8.42 Å². The molecule has 0 atom stereocenters. The van der Waals surface area contributed by atoms with Crippen molar-refractivity contribution in [1.29, 1.82) is 0 Å². The summed E-state index contributed by atoms with van der Waals surface area (Å²) >= 11 is 0. The van der Waals surface area contributed by atoms with Gasteiger partial charge in [0.05, 0.1) is 0 Å². The average Bonchev–Trinajstić information content (AvgIpc) is 2.63. The molecule has 0 saturated heterocycles. The van der Waals surface area contributed by atoms with Gasteiger partial charge in [-0.25, -0.2) is 8.42 Å². The molecule has 1 aliphatic carbocycles. The lowest BCUT2D eigenvalue weighted by molar-refractivity contribution is 0.590.